The molecular formula is C15H30N2O. The van der Waals surface area contributed by atoms with Crippen molar-refractivity contribution in [3.05, 3.63) is 0 Å². The maximum absolute atomic E-state index is 5.60. The summed E-state index contributed by atoms with van der Waals surface area (Å²) in [5.41, 5.74) is 0. The molecule has 1 saturated carbocycles. The van der Waals surface area contributed by atoms with Gasteiger partial charge in [-0.15, -0.1) is 0 Å². The topological polar surface area (TPSA) is 24.5 Å². The Morgan fingerprint density at radius 1 is 1.17 bits per heavy atom. The molecule has 3 unspecified atom stereocenters. The van der Waals surface area contributed by atoms with Crippen molar-refractivity contribution in [3.63, 3.8) is 0 Å². The molecule has 1 heterocycles. The zero-order chi connectivity index (χ0) is 13.0. The smallest absolute Gasteiger partial charge is 0.0593 e. The summed E-state index contributed by atoms with van der Waals surface area (Å²) in [5.74, 6) is 1.73. The molecule has 3 heteroatoms. The predicted molar refractivity (Wildman–Crippen MR) is 75.8 cm³/mol. The van der Waals surface area contributed by atoms with Gasteiger partial charge in [-0.3, -0.25) is 4.90 Å². The summed E-state index contributed by atoms with van der Waals surface area (Å²) in [6.45, 7) is 8.96. The first-order valence-corrected chi connectivity index (χ1v) is 7.71. The van der Waals surface area contributed by atoms with Crippen LogP contribution in [0, 0.1) is 11.8 Å². The first kappa shape index (κ1) is 14.3. The average Bonchev–Trinajstić information content (AvgIpc) is 2.66. The van der Waals surface area contributed by atoms with Gasteiger partial charge in [0.25, 0.3) is 0 Å². The third kappa shape index (κ3) is 3.46. The summed E-state index contributed by atoms with van der Waals surface area (Å²) in [6, 6.07) is 1.40. The van der Waals surface area contributed by atoms with Crippen molar-refractivity contribution < 1.29 is 4.74 Å². The van der Waals surface area contributed by atoms with Crippen LogP contribution in [0.1, 0.15) is 39.5 Å². The Morgan fingerprint density at radius 3 is 2.72 bits per heavy atom. The highest BCUT2D eigenvalue weighted by atomic mass is 16.5. The molecule has 3 nitrogen and oxygen atoms in total. The molecule has 18 heavy (non-hydrogen) atoms. The molecule has 0 bridgehead atoms. The molecule has 1 N–H and O–H groups in total. The van der Waals surface area contributed by atoms with Crippen LogP contribution in [-0.2, 0) is 4.74 Å². The van der Waals surface area contributed by atoms with E-state index in [1.54, 1.807) is 0 Å². The van der Waals surface area contributed by atoms with E-state index >= 15 is 0 Å². The van der Waals surface area contributed by atoms with Crippen LogP contribution in [0.4, 0.5) is 0 Å². The standard InChI is InChI=1S/C15H30N2O/c1-12(2)13-5-6-14(16-3)15(11-13)17-7-4-9-18-10-8-17/h12-16H,4-11H2,1-3H3. The van der Waals surface area contributed by atoms with Crippen molar-refractivity contribution in [2.24, 2.45) is 11.8 Å². The zero-order valence-electron chi connectivity index (χ0n) is 12.3. The average molecular weight is 254 g/mol. The third-order valence-electron chi connectivity index (χ3n) is 4.90. The Hall–Kier alpha value is -0.120. The number of rotatable bonds is 3. The zero-order valence-corrected chi connectivity index (χ0v) is 12.3. The van der Waals surface area contributed by atoms with E-state index < -0.39 is 0 Å². The molecule has 1 aliphatic carbocycles. The molecule has 2 rings (SSSR count). The van der Waals surface area contributed by atoms with Crippen LogP contribution in [-0.4, -0.2) is 50.3 Å². The van der Waals surface area contributed by atoms with Gasteiger partial charge in [-0.2, -0.15) is 0 Å². The second-order valence-corrected chi connectivity index (χ2v) is 6.28. The second kappa shape index (κ2) is 6.88. The van der Waals surface area contributed by atoms with Gasteiger partial charge in [0, 0.05) is 31.8 Å². The van der Waals surface area contributed by atoms with E-state index in [1.807, 2.05) is 0 Å². The van der Waals surface area contributed by atoms with E-state index in [-0.39, 0.29) is 0 Å². The summed E-state index contributed by atoms with van der Waals surface area (Å²) in [4.78, 5) is 2.68. The Morgan fingerprint density at radius 2 is 2.00 bits per heavy atom. The molecule has 3 atom stereocenters. The summed E-state index contributed by atoms with van der Waals surface area (Å²) in [6.07, 6.45) is 5.29. The fourth-order valence-corrected chi connectivity index (χ4v) is 3.62. The quantitative estimate of drug-likeness (QED) is 0.835. The minimum Gasteiger partial charge on any atom is -0.380 e. The van der Waals surface area contributed by atoms with Gasteiger partial charge in [0.05, 0.1) is 6.61 Å². The van der Waals surface area contributed by atoms with Gasteiger partial charge in [0.15, 0.2) is 0 Å². The highest BCUT2D eigenvalue weighted by molar-refractivity contribution is 4.91. The van der Waals surface area contributed by atoms with Crippen LogP contribution >= 0.6 is 0 Å². The highest BCUT2D eigenvalue weighted by Gasteiger charge is 2.34. The molecule has 1 saturated heterocycles. The predicted octanol–water partition coefficient (Wildman–Crippen LogP) is 2.12. The van der Waals surface area contributed by atoms with Gasteiger partial charge in [0.2, 0.25) is 0 Å². The number of ether oxygens (including phenoxy) is 1. The molecular weight excluding hydrogens is 224 g/mol. The SMILES string of the molecule is CNC1CCC(C(C)C)CC1N1CCCOCC1. The first-order chi connectivity index (χ1) is 8.72. The van der Waals surface area contributed by atoms with Gasteiger partial charge in [-0.25, -0.2) is 0 Å². The number of hydrogen-bond donors (Lipinski definition) is 1. The lowest BCUT2D eigenvalue weighted by molar-refractivity contribution is 0.0784. The fraction of sp³-hybridized carbons (Fsp3) is 1.00. The number of nitrogens with one attached hydrogen (secondary N) is 1. The van der Waals surface area contributed by atoms with Crippen LogP contribution in [0.2, 0.25) is 0 Å². The Kier molecular flexibility index (Phi) is 5.46. The molecule has 0 spiro atoms. The lowest BCUT2D eigenvalue weighted by Crippen LogP contribution is -2.53. The van der Waals surface area contributed by atoms with Crippen molar-refractivity contribution in [2.75, 3.05) is 33.4 Å². The minimum absolute atomic E-state index is 0.679. The van der Waals surface area contributed by atoms with Crippen LogP contribution in [0.15, 0.2) is 0 Å². The monoisotopic (exact) mass is 254 g/mol. The highest BCUT2D eigenvalue weighted by Crippen LogP contribution is 2.33. The van der Waals surface area contributed by atoms with Crippen LogP contribution < -0.4 is 5.32 Å². The normalized spacial score (nSPS) is 35.7. The first-order valence-electron chi connectivity index (χ1n) is 7.71. The third-order valence-corrected chi connectivity index (χ3v) is 4.90. The van der Waals surface area contributed by atoms with Gasteiger partial charge < -0.3 is 10.1 Å². The van der Waals surface area contributed by atoms with Gasteiger partial charge >= 0.3 is 0 Å². The molecule has 0 aromatic rings. The van der Waals surface area contributed by atoms with Crippen molar-refractivity contribution in [3.8, 4) is 0 Å². The van der Waals surface area contributed by atoms with Gasteiger partial charge in [0.1, 0.15) is 0 Å². The molecule has 2 aliphatic rings. The van der Waals surface area contributed by atoms with Crippen molar-refractivity contribution in [2.45, 2.75) is 51.6 Å². The van der Waals surface area contributed by atoms with E-state index in [1.165, 1.54) is 32.2 Å². The van der Waals surface area contributed by atoms with E-state index in [9.17, 15) is 0 Å². The maximum Gasteiger partial charge on any atom is 0.0593 e. The van der Waals surface area contributed by atoms with Crippen molar-refractivity contribution >= 4 is 0 Å². The van der Waals surface area contributed by atoms with E-state index in [2.05, 4.69) is 31.1 Å². The van der Waals surface area contributed by atoms with Gasteiger partial charge in [-0.1, -0.05) is 13.8 Å². The van der Waals surface area contributed by atoms with E-state index in [4.69, 9.17) is 4.74 Å². The van der Waals surface area contributed by atoms with Crippen LogP contribution in [0.5, 0.6) is 0 Å². The Balaban J connectivity index is 2.00. The lowest BCUT2D eigenvalue weighted by Gasteiger charge is -2.43. The van der Waals surface area contributed by atoms with Crippen molar-refractivity contribution in [1.82, 2.24) is 10.2 Å². The van der Waals surface area contributed by atoms with Crippen molar-refractivity contribution in [1.29, 1.82) is 0 Å². The molecule has 106 valence electrons. The largest absolute Gasteiger partial charge is 0.380 e. The Labute approximate surface area is 112 Å². The number of likely N-dealkylation sites (N-methyl/N-ethyl adjacent to an activating group) is 1. The molecule has 0 radical (unpaired) electrons. The number of hydrogen-bond acceptors (Lipinski definition) is 3. The molecule has 0 amide bonds. The molecule has 2 fully saturated rings. The minimum atomic E-state index is 0.679. The van der Waals surface area contributed by atoms with Crippen LogP contribution in [0.3, 0.4) is 0 Å². The Bertz CT molecular complexity index is 237. The number of nitrogens with zero attached hydrogens (tertiary/aromatic N) is 1. The van der Waals surface area contributed by atoms with Crippen LogP contribution in [0.25, 0.3) is 0 Å². The molecule has 0 aromatic heterocycles. The summed E-state index contributed by atoms with van der Waals surface area (Å²) in [5, 5.41) is 3.55. The van der Waals surface area contributed by atoms with Gasteiger partial charge in [-0.05, 0) is 44.6 Å². The fourth-order valence-electron chi connectivity index (χ4n) is 3.62. The molecule has 0 aromatic carbocycles. The summed E-state index contributed by atoms with van der Waals surface area (Å²) < 4.78 is 5.60. The van der Waals surface area contributed by atoms with E-state index in [0.29, 0.717) is 6.04 Å². The summed E-state index contributed by atoms with van der Waals surface area (Å²) in [7, 11) is 2.13. The van der Waals surface area contributed by atoms with E-state index in [0.717, 1.165) is 37.6 Å². The summed E-state index contributed by atoms with van der Waals surface area (Å²) >= 11 is 0. The lowest BCUT2D eigenvalue weighted by atomic mass is 9.76. The maximum atomic E-state index is 5.60. The second-order valence-electron chi connectivity index (χ2n) is 6.28. The molecule has 1 aliphatic heterocycles.